The average molecular weight is 439 g/mol. The Morgan fingerprint density at radius 1 is 0.939 bits per heavy atom. The number of ether oxygens (including phenoxy) is 1. The zero-order valence-electron chi connectivity index (χ0n) is 18.4. The zero-order chi connectivity index (χ0) is 22.8. The van der Waals surface area contributed by atoms with Gasteiger partial charge in [0.1, 0.15) is 11.6 Å². The third-order valence-electron chi connectivity index (χ3n) is 5.89. The van der Waals surface area contributed by atoms with E-state index in [1.807, 2.05) is 48.7 Å². The van der Waals surface area contributed by atoms with E-state index in [9.17, 15) is 4.39 Å². The van der Waals surface area contributed by atoms with Crippen molar-refractivity contribution in [3.8, 4) is 17.0 Å². The molecule has 5 rings (SSSR count). The first-order valence-corrected chi connectivity index (χ1v) is 10.8. The maximum absolute atomic E-state index is 13.6. The van der Waals surface area contributed by atoms with Crippen LogP contribution in [0.15, 0.2) is 85.3 Å². The van der Waals surface area contributed by atoms with Crippen molar-refractivity contribution in [3.63, 3.8) is 0 Å². The summed E-state index contributed by atoms with van der Waals surface area (Å²) in [6, 6.07) is 20.7. The Balaban J connectivity index is 1.64. The summed E-state index contributed by atoms with van der Waals surface area (Å²) in [5, 5.41) is 0. The van der Waals surface area contributed by atoms with E-state index in [1.165, 1.54) is 12.1 Å². The normalized spacial score (nSPS) is 12.1. The Morgan fingerprint density at radius 2 is 1.70 bits per heavy atom. The Morgan fingerprint density at radius 3 is 2.39 bits per heavy atom. The van der Waals surface area contributed by atoms with Crippen LogP contribution in [-0.4, -0.2) is 26.6 Å². The van der Waals surface area contributed by atoms with E-state index in [0.717, 1.165) is 39.1 Å². The molecule has 3 heterocycles. The predicted molar refractivity (Wildman–Crippen MR) is 127 cm³/mol. The van der Waals surface area contributed by atoms with Crippen molar-refractivity contribution in [3.05, 3.63) is 108 Å². The summed E-state index contributed by atoms with van der Waals surface area (Å²) < 4.78 is 21.0. The molecule has 5 nitrogen and oxygen atoms in total. The maximum atomic E-state index is 13.6. The number of fused-ring (bicyclic) bond motifs is 1. The summed E-state index contributed by atoms with van der Waals surface area (Å²) in [4.78, 5) is 13.4. The first kappa shape index (κ1) is 20.8. The lowest BCUT2D eigenvalue weighted by molar-refractivity contribution is 0.398. The lowest BCUT2D eigenvalue weighted by Gasteiger charge is -2.19. The average Bonchev–Trinajstić information content (AvgIpc) is 3.21. The molecule has 0 aliphatic heterocycles. The largest absolute Gasteiger partial charge is 0.481 e. The van der Waals surface area contributed by atoms with Crippen LogP contribution >= 0.6 is 0 Å². The summed E-state index contributed by atoms with van der Waals surface area (Å²) in [5.74, 6) is 1.28. The summed E-state index contributed by atoms with van der Waals surface area (Å²) in [6.45, 7) is 2.12. The number of hydrogen-bond acceptors (Lipinski definition) is 4. The van der Waals surface area contributed by atoms with E-state index in [0.29, 0.717) is 12.3 Å². The first-order valence-electron chi connectivity index (χ1n) is 10.8. The van der Waals surface area contributed by atoms with Gasteiger partial charge >= 0.3 is 0 Å². The van der Waals surface area contributed by atoms with Gasteiger partial charge in [-0.3, -0.25) is 4.98 Å². The van der Waals surface area contributed by atoms with Gasteiger partial charge in [0.25, 0.3) is 0 Å². The Hall–Kier alpha value is -4.06. The molecule has 5 aromatic rings. The highest BCUT2D eigenvalue weighted by atomic mass is 19.1. The molecular formula is C27H23FN4O. The number of rotatable bonds is 6. The quantitative estimate of drug-likeness (QED) is 0.334. The second kappa shape index (κ2) is 8.82. The van der Waals surface area contributed by atoms with Gasteiger partial charge in [-0.25, -0.2) is 14.4 Å². The number of nitrogens with zero attached hydrogens (tertiary/aromatic N) is 4. The molecule has 0 spiro atoms. The molecule has 0 saturated heterocycles. The van der Waals surface area contributed by atoms with Crippen LogP contribution in [0.25, 0.3) is 22.2 Å². The summed E-state index contributed by atoms with van der Waals surface area (Å²) in [7, 11) is 1.60. The number of halogens is 1. The molecule has 0 radical (unpaired) electrons. The van der Waals surface area contributed by atoms with E-state index in [-0.39, 0.29) is 11.9 Å². The van der Waals surface area contributed by atoms with Crippen LogP contribution in [0.2, 0.25) is 0 Å². The van der Waals surface area contributed by atoms with Crippen LogP contribution in [0.4, 0.5) is 4.39 Å². The number of hydrogen-bond donors (Lipinski definition) is 0. The second-order valence-electron chi connectivity index (χ2n) is 7.95. The van der Waals surface area contributed by atoms with Crippen molar-refractivity contribution in [2.24, 2.45) is 0 Å². The molecule has 0 unspecified atom stereocenters. The monoisotopic (exact) mass is 438 g/mol. The van der Waals surface area contributed by atoms with Crippen LogP contribution in [0.1, 0.15) is 29.9 Å². The number of methoxy groups -OCH3 is 1. The molecule has 0 aliphatic rings. The van der Waals surface area contributed by atoms with Crippen molar-refractivity contribution in [1.29, 1.82) is 0 Å². The number of aromatic nitrogens is 4. The highest BCUT2D eigenvalue weighted by Gasteiger charge is 2.19. The number of imidazole rings is 1. The minimum Gasteiger partial charge on any atom is -0.481 e. The maximum Gasteiger partial charge on any atom is 0.212 e. The molecule has 0 N–H and O–H groups in total. The molecule has 6 heteroatoms. The molecule has 1 atom stereocenters. The topological polar surface area (TPSA) is 52.8 Å². The van der Waals surface area contributed by atoms with E-state index in [4.69, 9.17) is 9.72 Å². The summed E-state index contributed by atoms with van der Waals surface area (Å²) in [5.41, 5.74) is 6.12. The fourth-order valence-corrected chi connectivity index (χ4v) is 4.12. The molecule has 0 fully saturated rings. The standard InChI is InChI=1S/C27H23FN4O/c1-18(20-3-7-23(28)8-4-20)32-25-16-21(22-6-10-27(33-2)30-17-22)5-9-24(25)31-26(32)15-19-11-13-29-14-12-19/h3-14,16-18H,15H2,1-2H3/t18-/m0/s1. The SMILES string of the molecule is COc1ccc(-c2ccc3nc(Cc4ccncc4)n([C@@H](C)c4ccc(F)cc4)c3c2)cn1. The van der Waals surface area contributed by atoms with Crippen LogP contribution in [0.3, 0.4) is 0 Å². The fourth-order valence-electron chi connectivity index (χ4n) is 4.12. The molecule has 0 bridgehead atoms. The fraction of sp³-hybridized carbons (Fsp3) is 0.148. The number of benzene rings is 2. The van der Waals surface area contributed by atoms with Gasteiger partial charge < -0.3 is 9.30 Å². The highest BCUT2D eigenvalue weighted by Crippen LogP contribution is 2.31. The van der Waals surface area contributed by atoms with Gasteiger partial charge in [-0.15, -0.1) is 0 Å². The van der Waals surface area contributed by atoms with Gasteiger partial charge in [-0.1, -0.05) is 18.2 Å². The molecular weight excluding hydrogens is 415 g/mol. The van der Waals surface area contributed by atoms with E-state index in [1.54, 1.807) is 19.5 Å². The Bertz CT molecular complexity index is 1380. The summed E-state index contributed by atoms with van der Waals surface area (Å²) in [6.07, 6.45) is 6.06. The third-order valence-corrected chi connectivity index (χ3v) is 5.89. The van der Waals surface area contributed by atoms with Gasteiger partial charge in [-0.2, -0.15) is 0 Å². The molecule has 0 saturated carbocycles. The van der Waals surface area contributed by atoms with Crippen molar-refractivity contribution >= 4 is 11.0 Å². The van der Waals surface area contributed by atoms with Gasteiger partial charge in [0.2, 0.25) is 5.88 Å². The number of pyridine rings is 2. The van der Waals surface area contributed by atoms with Gasteiger partial charge in [-0.05, 0) is 66.1 Å². The van der Waals surface area contributed by atoms with Crippen molar-refractivity contribution < 1.29 is 9.13 Å². The lowest BCUT2D eigenvalue weighted by atomic mass is 10.1. The molecule has 164 valence electrons. The van der Waals surface area contributed by atoms with Gasteiger partial charge in [0.15, 0.2) is 0 Å². The van der Waals surface area contributed by atoms with Crippen LogP contribution in [0.5, 0.6) is 5.88 Å². The second-order valence-corrected chi connectivity index (χ2v) is 7.95. The smallest absolute Gasteiger partial charge is 0.212 e. The minimum absolute atomic E-state index is 0.0309. The van der Waals surface area contributed by atoms with E-state index < -0.39 is 0 Å². The summed E-state index contributed by atoms with van der Waals surface area (Å²) >= 11 is 0. The van der Waals surface area contributed by atoms with Crippen LogP contribution < -0.4 is 4.74 Å². The predicted octanol–water partition coefficient (Wildman–Crippen LogP) is 5.84. The zero-order valence-corrected chi connectivity index (χ0v) is 18.4. The molecule has 2 aromatic carbocycles. The first-order chi connectivity index (χ1) is 16.1. The minimum atomic E-state index is -0.243. The Kier molecular flexibility index (Phi) is 5.57. The van der Waals surface area contributed by atoms with Gasteiger partial charge in [0, 0.05) is 36.6 Å². The highest BCUT2D eigenvalue weighted by molar-refractivity contribution is 5.83. The Labute approximate surface area is 191 Å². The molecule has 3 aromatic heterocycles. The van der Waals surface area contributed by atoms with Crippen molar-refractivity contribution in [1.82, 2.24) is 19.5 Å². The van der Waals surface area contributed by atoms with Crippen molar-refractivity contribution in [2.75, 3.05) is 7.11 Å². The molecule has 33 heavy (non-hydrogen) atoms. The third kappa shape index (κ3) is 4.20. The van der Waals surface area contributed by atoms with E-state index >= 15 is 0 Å². The lowest BCUT2D eigenvalue weighted by Crippen LogP contribution is -2.11. The van der Waals surface area contributed by atoms with Crippen molar-refractivity contribution in [2.45, 2.75) is 19.4 Å². The molecule has 0 aliphatic carbocycles. The van der Waals surface area contributed by atoms with Crippen LogP contribution in [0, 0.1) is 5.82 Å². The van der Waals surface area contributed by atoms with E-state index in [2.05, 4.69) is 33.6 Å². The van der Waals surface area contributed by atoms with Crippen LogP contribution in [-0.2, 0) is 6.42 Å². The molecule has 0 amide bonds. The van der Waals surface area contributed by atoms with Gasteiger partial charge in [0.05, 0.1) is 24.2 Å².